The molecule has 2 unspecified atom stereocenters. The molecule has 68 valence electrons. The lowest BCUT2D eigenvalue weighted by molar-refractivity contribution is 0.194. The third-order valence-electron chi connectivity index (χ3n) is 2.10. The van der Waals surface area contributed by atoms with Gasteiger partial charge in [-0.3, -0.25) is 0 Å². The molecule has 2 atom stereocenters. The molecule has 0 saturated heterocycles. The van der Waals surface area contributed by atoms with Crippen LogP contribution in [0, 0.1) is 0 Å². The van der Waals surface area contributed by atoms with E-state index < -0.39 is 0 Å². The zero-order valence-corrected chi connectivity index (χ0v) is 8.08. The van der Waals surface area contributed by atoms with Crippen LogP contribution in [0.25, 0.3) is 0 Å². The molecule has 2 rings (SSSR count). The van der Waals surface area contributed by atoms with Crippen LogP contribution in [0.2, 0.25) is 0 Å². The van der Waals surface area contributed by atoms with E-state index in [-0.39, 0.29) is 11.4 Å². The van der Waals surface area contributed by atoms with Crippen LogP contribution < -0.4 is 0 Å². The summed E-state index contributed by atoms with van der Waals surface area (Å²) in [5, 5.41) is 9.81. The van der Waals surface area contributed by atoms with Gasteiger partial charge in [-0.2, -0.15) is 0 Å². The molecule has 0 fully saturated rings. The molecule has 13 heavy (non-hydrogen) atoms. The molecule has 1 aromatic carbocycles. The van der Waals surface area contributed by atoms with Gasteiger partial charge in [-0.25, -0.2) is 0 Å². The van der Waals surface area contributed by atoms with E-state index >= 15 is 0 Å². The van der Waals surface area contributed by atoms with Gasteiger partial charge in [0.1, 0.15) is 0 Å². The van der Waals surface area contributed by atoms with Crippen LogP contribution in [0.3, 0.4) is 0 Å². The maximum Gasteiger partial charge on any atom is 0.0731 e. The molecule has 1 aliphatic rings. The molecule has 1 aromatic rings. The van der Waals surface area contributed by atoms with Gasteiger partial charge in [0.25, 0.3) is 0 Å². The molecular formula is C11H12OS. The van der Waals surface area contributed by atoms with E-state index in [4.69, 9.17) is 0 Å². The van der Waals surface area contributed by atoms with E-state index in [0.717, 1.165) is 6.42 Å². The Labute approximate surface area is 82.5 Å². The van der Waals surface area contributed by atoms with E-state index in [9.17, 15) is 5.11 Å². The van der Waals surface area contributed by atoms with Crippen LogP contribution in [0.4, 0.5) is 0 Å². The van der Waals surface area contributed by atoms with Gasteiger partial charge in [0.15, 0.2) is 0 Å². The third-order valence-corrected chi connectivity index (χ3v) is 3.39. The van der Waals surface area contributed by atoms with Crippen molar-refractivity contribution < 1.29 is 5.11 Å². The molecule has 0 aliphatic heterocycles. The highest BCUT2D eigenvalue weighted by Crippen LogP contribution is 2.30. The fourth-order valence-corrected chi connectivity index (χ4v) is 2.47. The predicted octanol–water partition coefficient (Wildman–Crippen LogP) is 2.47. The third kappa shape index (κ3) is 2.14. The van der Waals surface area contributed by atoms with Crippen molar-refractivity contribution in [1.82, 2.24) is 0 Å². The summed E-state index contributed by atoms with van der Waals surface area (Å²) >= 11 is 1.72. The highest BCUT2D eigenvalue weighted by atomic mass is 32.2. The van der Waals surface area contributed by atoms with Gasteiger partial charge < -0.3 is 5.11 Å². The van der Waals surface area contributed by atoms with Crippen molar-refractivity contribution in [1.29, 1.82) is 0 Å². The number of rotatable bonds is 2. The summed E-state index contributed by atoms with van der Waals surface area (Å²) in [6, 6.07) is 10.2. The van der Waals surface area contributed by atoms with Gasteiger partial charge in [0.2, 0.25) is 0 Å². The Morgan fingerprint density at radius 2 is 2.00 bits per heavy atom. The Morgan fingerprint density at radius 1 is 1.23 bits per heavy atom. The lowest BCUT2D eigenvalue weighted by atomic mass is 10.3. The van der Waals surface area contributed by atoms with E-state index in [1.807, 2.05) is 24.3 Å². The Bertz CT molecular complexity index is 294. The molecule has 1 nitrogen and oxygen atoms in total. The Kier molecular flexibility index (Phi) is 2.71. The lowest BCUT2D eigenvalue weighted by Crippen LogP contribution is -2.15. The van der Waals surface area contributed by atoms with Gasteiger partial charge in [-0.15, -0.1) is 11.8 Å². The molecule has 0 spiro atoms. The van der Waals surface area contributed by atoms with E-state index in [2.05, 4.69) is 18.2 Å². The summed E-state index contributed by atoms with van der Waals surface area (Å²) in [6.07, 6.45) is 4.73. The van der Waals surface area contributed by atoms with Crippen molar-refractivity contribution in [3.8, 4) is 0 Å². The van der Waals surface area contributed by atoms with Crippen LogP contribution in [-0.4, -0.2) is 16.5 Å². The highest BCUT2D eigenvalue weighted by Gasteiger charge is 2.20. The van der Waals surface area contributed by atoms with E-state index in [0.29, 0.717) is 0 Å². The number of hydrogen-bond donors (Lipinski definition) is 1. The SMILES string of the molecule is OC1CC=CC1Sc1ccccc1. The monoisotopic (exact) mass is 192 g/mol. The molecule has 0 saturated carbocycles. The summed E-state index contributed by atoms with van der Waals surface area (Å²) in [5.74, 6) is 0. The topological polar surface area (TPSA) is 20.2 Å². The quantitative estimate of drug-likeness (QED) is 0.726. The molecule has 0 bridgehead atoms. The Hall–Kier alpha value is -0.730. The van der Waals surface area contributed by atoms with Crippen molar-refractivity contribution in [2.24, 2.45) is 0 Å². The standard InChI is InChI=1S/C11H12OS/c12-10-7-4-8-11(10)13-9-5-2-1-3-6-9/h1-6,8,10-12H,7H2. The van der Waals surface area contributed by atoms with Gasteiger partial charge in [-0.05, 0) is 18.6 Å². The van der Waals surface area contributed by atoms with Gasteiger partial charge in [-0.1, -0.05) is 30.4 Å². The average molecular weight is 192 g/mol. The first-order chi connectivity index (χ1) is 6.36. The van der Waals surface area contributed by atoms with Crippen LogP contribution in [0.15, 0.2) is 47.4 Å². The second-order valence-electron chi connectivity index (χ2n) is 3.13. The van der Waals surface area contributed by atoms with Crippen LogP contribution in [0.5, 0.6) is 0 Å². The van der Waals surface area contributed by atoms with Crippen molar-refractivity contribution in [3.63, 3.8) is 0 Å². The van der Waals surface area contributed by atoms with Crippen molar-refractivity contribution >= 4 is 11.8 Å². The van der Waals surface area contributed by atoms with Crippen molar-refractivity contribution in [3.05, 3.63) is 42.5 Å². The molecule has 0 amide bonds. The van der Waals surface area contributed by atoms with E-state index in [1.54, 1.807) is 11.8 Å². The first-order valence-electron chi connectivity index (χ1n) is 4.43. The fourth-order valence-electron chi connectivity index (χ4n) is 1.39. The van der Waals surface area contributed by atoms with Gasteiger partial charge in [0.05, 0.1) is 11.4 Å². The van der Waals surface area contributed by atoms with E-state index in [1.165, 1.54) is 4.90 Å². The van der Waals surface area contributed by atoms with Crippen LogP contribution in [-0.2, 0) is 0 Å². The second kappa shape index (κ2) is 3.99. The molecule has 1 N–H and O–H groups in total. The molecule has 1 aliphatic carbocycles. The average Bonchev–Trinajstić information content (AvgIpc) is 2.54. The number of aliphatic hydroxyl groups excluding tert-OH is 1. The summed E-state index contributed by atoms with van der Waals surface area (Å²) in [7, 11) is 0. The number of aliphatic hydroxyl groups is 1. The molecule has 0 radical (unpaired) electrons. The summed E-state index contributed by atoms with van der Waals surface area (Å²) in [5.41, 5.74) is 0. The lowest BCUT2D eigenvalue weighted by Gasteiger charge is -2.12. The minimum absolute atomic E-state index is 0.204. The molecular weight excluding hydrogens is 180 g/mol. The highest BCUT2D eigenvalue weighted by molar-refractivity contribution is 8.00. The number of hydrogen-bond acceptors (Lipinski definition) is 2. The minimum Gasteiger partial charge on any atom is -0.391 e. The zero-order chi connectivity index (χ0) is 9.10. The van der Waals surface area contributed by atoms with Crippen LogP contribution >= 0.6 is 11.8 Å². The Balaban J connectivity index is 2.02. The first kappa shape index (κ1) is 8.85. The fraction of sp³-hybridized carbons (Fsp3) is 0.273. The minimum atomic E-state index is -0.204. The first-order valence-corrected chi connectivity index (χ1v) is 5.30. The maximum absolute atomic E-state index is 9.57. The smallest absolute Gasteiger partial charge is 0.0731 e. The summed E-state index contributed by atoms with van der Waals surface area (Å²) in [4.78, 5) is 1.22. The summed E-state index contributed by atoms with van der Waals surface area (Å²) < 4.78 is 0. The normalized spacial score (nSPS) is 26.5. The second-order valence-corrected chi connectivity index (χ2v) is 4.38. The molecule has 0 heterocycles. The Morgan fingerprint density at radius 3 is 2.62 bits per heavy atom. The summed E-state index contributed by atoms with van der Waals surface area (Å²) in [6.45, 7) is 0. The zero-order valence-electron chi connectivity index (χ0n) is 7.26. The number of benzene rings is 1. The van der Waals surface area contributed by atoms with Gasteiger partial charge in [0, 0.05) is 4.90 Å². The van der Waals surface area contributed by atoms with Gasteiger partial charge >= 0.3 is 0 Å². The molecule has 2 heteroatoms. The maximum atomic E-state index is 9.57. The molecule has 0 aromatic heterocycles. The largest absolute Gasteiger partial charge is 0.391 e. The van der Waals surface area contributed by atoms with Crippen LogP contribution in [0.1, 0.15) is 6.42 Å². The predicted molar refractivity (Wildman–Crippen MR) is 55.9 cm³/mol. The van der Waals surface area contributed by atoms with Crippen molar-refractivity contribution in [2.45, 2.75) is 22.7 Å². The number of thioether (sulfide) groups is 1. The van der Waals surface area contributed by atoms with Crippen molar-refractivity contribution in [2.75, 3.05) is 0 Å².